The van der Waals surface area contributed by atoms with Gasteiger partial charge in [-0.15, -0.1) is 0 Å². The van der Waals surface area contributed by atoms with Crippen molar-refractivity contribution in [3.8, 4) is 0 Å². The molecular formula is C15H18ClNO3. The van der Waals surface area contributed by atoms with E-state index in [1.807, 2.05) is 0 Å². The molecule has 1 aromatic rings. The minimum atomic E-state index is -0.350. The van der Waals surface area contributed by atoms with Crippen LogP contribution in [0.2, 0.25) is 5.02 Å². The van der Waals surface area contributed by atoms with Crippen LogP contribution in [-0.2, 0) is 4.79 Å². The highest BCUT2D eigenvalue weighted by molar-refractivity contribution is 6.30. The Labute approximate surface area is 123 Å². The number of hydrogen-bond acceptors (Lipinski definition) is 3. The molecule has 1 saturated carbocycles. The predicted octanol–water partition coefficient (Wildman–Crippen LogP) is 3.71. The van der Waals surface area contributed by atoms with Crippen LogP contribution in [0.1, 0.15) is 37.7 Å². The first-order valence-electron chi connectivity index (χ1n) is 6.87. The van der Waals surface area contributed by atoms with Gasteiger partial charge in [-0.2, -0.15) is 0 Å². The second-order valence-electron chi connectivity index (χ2n) is 5.63. The summed E-state index contributed by atoms with van der Waals surface area (Å²) in [6, 6.07) is 7.03. The van der Waals surface area contributed by atoms with Crippen molar-refractivity contribution in [2.24, 2.45) is 11.8 Å². The molecule has 0 amide bonds. The van der Waals surface area contributed by atoms with Gasteiger partial charge in [0.15, 0.2) is 0 Å². The first-order chi connectivity index (χ1) is 9.47. The summed E-state index contributed by atoms with van der Waals surface area (Å²) in [5.74, 6) is 0.00648. The lowest BCUT2D eigenvalue weighted by Gasteiger charge is -2.30. The lowest BCUT2D eigenvalue weighted by atomic mass is 9.72. The Bertz CT molecular complexity index is 500. The van der Waals surface area contributed by atoms with Crippen LogP contribution >= 0.6 is 11.6 Å². The Morgan fingerprint density at radius 3 is 2.65 bits per heavy atom. The lowest BCUT2D eigenvalue weighted by Crippen LogP contribution is -2.32. The van der Waals surface area contributed by atoms with Gasteiger partial charge in [-0.05, 0) is 36.5 Å². The van der Waals surface area contributed by atoms with Crippen LogP contribution in [0.15, 0.2) is 24.3 Å². The number of benzene rings is 1. The standard InChI is InChI=1S/C15H18ClNO3/c1-10-2-7-15(18)13(8-10)14(9-17(19)20)11-3-5-12(16)6-4-11/h3-6,10,13-14H,2,7-9H2,1H3/t10-,13-,14-/m0/s1. The first kappa shape index (κ1) is 15.0. The molecule has 0 unspecified atom stereocenters. The van der Waals surface area contributed by atoms with Gasteiger partial charge in [-0.25, -0.2) is 0 Å². The second kappa shape index (κ2) is 6.35. The maximum Gasteiger partial charge on any atom is 0.211 e. The minimum absolute atomic E-state index is 0.157. The summed E-state index contributed by atoms with van der Waals surface area (Å²) in [6.45, 7) is 1.90. The van der Waals surface area contributed by atoms with Crippen LogP contribution in [0.25, 0.3) is 0 Å². The van der Waals surface area contributed by atoms with E-state index in [4.69, 9.17) is 11.6 Å². The number of hydrogen-bond donors (Lipinski definition) is 0. The zero-order chi connectivity index (χ0) is 14.7. The van der Waals surface area contributed by atoms with E-state index in [-0.39, 0.29) is 29.1 Å². The fourth-order valence-electron chi connectivity index (χ4n) is 2.98. The number of rotatable bonds is 4. The van der Waals surface area contributed by atoms with Gasteiger partial charge in [0.05, 0.1) is 5.92 Å². The topological polar surface area (TPSA) is 60.2 Å². The largest absolute Gasteiger partial charge is 0.299 e. The number of carbonyl (C=O) groups is 1. The third-order valence-electron chi connectivity index (χ3n) is 4.08. The number of carbonyl (C=O) groups excluding carboxylic acids is 1. The van der Waals surface area contributed by atoms with Crippen molar-refractivity contribution in [2.45, 2.75) is 32.1 Å². The Balaban J connectivity index is 2.28. The fraction of sp³-hybridized carbons (Fsp3) is 0.533. The van der Waals surface area contributed by atoms with E-state index < -0.39 is 0 Å². The molecule has 0 saturated heterocycles. The van der Waals surface area contributed by atoms with Gasteiger partial charge in [-0.3, -0.25) is 14.9 Å². The predicted molar refractivity (Wildman–Crippen MR) is 77.6 cm³/mol. The molecule has 1 aromatic carbocycles. The van der Waals surface area contributed by atoms with Gasteiger partial charge in [0, 0.05) is 22.3 Å². The first-order valence-corrected chi connectivity index (χ1v) is 7.25. The molecule has 0 aromatic heterocycles. The zero-order valence-corrected chi connectivity index (χ0v) is 12.2. The van der Waals surface area contributed by atoms with Crippen LogP contribution in [0.4, 0.5) is 0 Å². The average Bonchev–Trinajstić information content (AvgIpc) is 2.40. The highest BCUT2D eigenvalue weighted by Gasteiger charge is 2.36. The molecule has 4 nitrogen and oxygen atoms in total. The highest BCUT2D eigenvalue weighted by atomic mass is 35.5. The zero-order valence-electron chi connectivity index (χ0n) is 11.4. The van der Waals surface area contributed by atoms with Crippen molar-refractivity contribution in [3.05, 3.63) is 45.0 Å². The number of nitro groups is 1. The second-order valence-corrected chi connectivity index (χ2v) is 6.06. The van der Waals surface area contributed by atoms with Crippen molar-refractivity contribution in [3.63, 3.8) is 0 Å². The monoisotopic (exact) mass is 295 g/mol. The summed E-state index contributed by atoms with van der Waals surface area (Å²) in [5, 5.41) is 11.5. The van der Waals surface area contributed by atoms with Crippen LogP contribution in [0.3, 0.4) is 0 Å². The lowest BCUT2D eigenvalue weighted by molar-refractivity contribution is -0.484. The summed E-state index contributed by atoms with van der Waals surface area (Å²) in [7, 11) is 0. The molecule has 0 bridgehead atoms. The Morgan fingerprint density at radius 1 is 1.40 bits per heavy atom. The van der Waals surface area contributed by atoms with Crippen LogP contribution in [-0.4, -0.2) is 17.3 Å². The van der Waals surface area contributed by atoms with E-state index >= 15 is 0 Å². The number of nitrogens with zero attached hydrogens (tertiary/aromatic N) is 1. The van der Waals surface area contributed by atoms with Crippen LogP contribution in [0.5, 0.6) is 0 Å². The maximum absolute atomic E-state index is 12.2. The van der Waals surface area contributed by atoms with Gasteiger partial charge >= 0.3 is 0 Å². The fourth-order valence-corrected chi connectivity index (χ4v) is 3.11. The van der Waals surface area contributed by atoms with Gasteiger partial charge < -0.3 is 0 Å². The van der Waals surface area contributed by atoms with Crippen LogP contribution < -0.4 is 0 Å². The summed E-state index contributed by atoms with van der Waals surface area (Å²) < 4.78 is 0. The molecule has 0 heterocycles. The minimum Gasteiger partial charge on any atom is -0.299 e. The van der Waals surface area contributed by atoms with E-state index in [1.165, 1.54) is 0 Å². The summed E-state index contributed by atoms with van der Waals surface area (Å²) >= 11 is 5.86. The van der Waals surface area contributed by atoms with Crippen molar-refractivity contribution in [2.75, 3.05) is 6.54 Å². The molecule has 5 heteroatoms. The number of Topliss-reactive ketones (excluding diaryl/α,β-unsaturated/α-hetero) is 1. The highest BCUT2D eigenvalue weighted by Crippen LogP contribution is 2.36. The molecule has 0 aliphatic heterocycles. The van der Waals surface area contributed by atoms with E-state index in [0.717, 1.165) is 18.4 Å². The van der Waals surface area contributed by atoms with Crippen molar-refractivity contribution in [1.29, 1.82) is 0 Å². The molecule has 0 radical (unpaired) electrons. The van der Waals surface area contributed by atoms with E-state index in [9.17, 15) is 14.9 Å². The van der Waals surface area contributed by atoms with Crippen molar-refractivity contribution >= 4 is 17.4 Å². The third-order valence-corrected chi connectivity index (χ3v) is 4.34. The quantitative estimate of drug-likeness (QED) is 0.628. The number of halogens is 1. The smallest absolute Gasteiger partial charge is 0.211 e. The summed E-state index contributed by atoms with van der Waals surface area (Å²) in [6.07, 6.45) is 2.16. The molecule has 1 fully saturated rings. The van der Waals surface area contributed by atoms with Gasteiger partial charge in [0.1, 0.15) is 5.78 Å². The van der Waals surface area contributed by atoms with E-state index in [0.29, 0.717) is 17.4 Å². The van der Waals surface area contributed by atoms with Gasteiger partial charge in [0.25, 0.3) is 0 Å². The molecule has 108 valence electrons. The molecule has 1 aliphatic carbocycles. The van der Waals surface area contributed by atoms with Crippen LogP contribution in [0, 0.1) is 22.0 Å². The molecule has 3 atom stereocenters. The summed E-state index contributed by atoms with van der Waals surface area (Å²) in [5.41, 5.74) is 0.832. The maximum atomic E-state index is 12.2. The molecule has 0 N–H and O–H groups in total. The average molecular weight is 296 g/mol. The molecule has 1 aliphatic rings. The molecule has 20 heavy (non-hydrogen) atoms. The van der Waals surface area contributed by atoms with Gasteiger partial charge in [-0.1, -0.05) is 30.7 Å². The molecule has 0 spiro atoms. The Kier molecular flexibility index (Phi) is 4.76. The Morgan fingerprint density at radius 2 is 2.05 bits per heavy atom. The van der Waals surface area contributed by atoms with Gasteiger partial charge in [0.2, 0.25) is 6.54 Å². The van der Waals surface area contributed by atoms with E-state index in [1.54, 1.807) is 24.3 Å². The number of ketones is 1. The summed E-state index contributed by atoms with van der Waals surface area (Å²) in [4.78, 5) is 22.8. The Hall–Kier alpha value is -1.42. The molecular weight excluding hydrogens is 278 g/mol. The molecule has 2 rings (SSSR count). The SMILES string of the molecule is C[C@H]1CCC(=O)[C@H]([C@@H](C[N+](=O)[O-])c2ccc(Cl)cc2)C1. The van der Waals surface area contributed by atoms with Crippen molar-refractivity contribution < 1.29 is 9.72 Å². The van der Waals surface area contributed by atoms with Crippen molar-refractivity contribution in [1.82, 2.24) is 0 Å². The third kappa shape index (κ3) is 3.57. The van der Waals surface area contributed by atoms with E-state index in [2.05, 4.69) is 6.92 Å². The normalized spacial score (nSPS) is 24.4.